The Labute approximate surface area is 163 Å². The molecule has 0 bridgehead atoms. The van der Waals surface area contributed by atoms with E-state index in [2.05, 4.69) is 15.6 Å². The summed E-state index contributed by atoms with van der Waals surface area (Å²) in [5.41, 5.74) is 10.3. The molecule has 0 unspecified atom stereocenters. The van der Waals surface area contributed by atoms with Crippen molar-refractivity contribution in [2.45, 2.75) is 20.0 Å². The maximum Gasteiger partial charge on any atom is 0.257 e. The lowest BCUT2D eigenvalue weighted by Crippen LogP contribution is -2.15. The molecule has 3 rings (SSSR count). The van der Waals surface area contributed by atoms with Gasteiger partial charge in [0.25, 0.3) is 5.91 Å². The summed E-state index contributed by atoms with van der Waals surface area (Å²) in [6, 6.07) is 18.5. The average molecular weight is 381 g/mol. The van der Waals surface area contributed by atoms with Crippen LogP contribution in [0.3, 0.4) is 0 Å². The quantitative estimate of drug-likeness (QED) is 0.593. The molecular formula is C21H21ClN4O. The summed E-state index contributed by atoms with van der Waals surface area (Å²) in [5, 5.41) is 6.67. The smallest absolute Gasteiger partial charge is 0.257 e. The van der Waals surface area contributed by atoms with Gasteiger partial charge in [-0.3, -0.25) is 9.78 Å². The number of hydrogen-bond donors (Lipinski definition) is 3. The lowest BCUT2D eigenvalue weighted by molar-refractivity contribution is 0.102. The fourth-order valence-corrected chi connectivity index (χ4v) is 2.89. The molecule has 0 aliphatic heterocycles. The Bertz CT molecular complexity index is 958. The van der Waals surface area contributed by atoms with Crippen molar-refractivity contribution in [3.63, 3.8) is 0 Å². The van der Waals surface area contributed by atoms with Gasteiger partial charge in [0, 0.05) is 28.6 Å². The molecule has 0 saturated carbocycles. The zero-order chi connectivity index (χ0) is 19.2. The van der Waals surface area contributed by atoms with Crippen molar-refractivity contribution in [3.05, 3.63) is 88.2 Å². The van der Waals surface area contributed by atoms with Crippen LogP contribution in [0.1, 0.15) is 27.3 Å². The van der Waals surface area contributed by atoms with Gasteiger partial charge < -0.3 is 16.4 Å². The number of nitrogens with one attached hydrogen (secondary N) is 2. The summed E-state index contributed by atoms with van der Waals surface area (Å²) < 4.78 is 0. The Hall–Kier alpha value is -2.89. The van der Waals surface area contributed by atoms with Crippen molar-refractivity contribution < 1.29 is 4.79 Å². The average Bonchev–Trinajstić information content (AvgIpc) is 2.67. The first-order valence-electron chi connectivity index (χ1n) is 8.61. The standard InChI is InChI=1S/C21H21ClN4O/c1-14-4-2-7-18(25-14)13-24-20-9-8-16(22)11-19(20)21(27)26-17-6-3-5-15(10-17)12-23/h2-11,24H,12-13,23H2,1H3,(H,26,27). The Balaban J connectivity index is 1.79. The van der Waals surface area contributed by atoms with Crippen LogP contribution in [0.25, 0.3) is 0 Å². The summed E-state index contributed by atoms with van der Waals surface area (Å²) in [5.74, 6) is -0.244. The Morgan fingerprint density at radius 1 is 1.11 bits per heavy atom. The monoisotopic (exact) mass is 380 g/mol. The van der Waals surface area contributed by atoms with E-state index in [1.54, 1.807) is 18.2 Å². The van der Waals surface area contributed by atoms with Crippen LogP contribution >= 0.6 is 11.6 Å². The Kier molecular flexibility index (Phi) is 6.06. The van der Waals surface area contributed by atoms with E-state index >= 15 is 0 Å². The number of amides is 1. The second-order valence-corrected chi connectivity index (χ2v) is 6.61. The van der Waals surface area contributed by atoms with Gasteiger partial charge in [0.2, 0.25) is 0 Å². The topological polar surface area (TPSA) is 80.0 Å². The highest BCUT2D eigenvalue weighted by molar-refractivity contribution is 6.31. The summed E-state index contributed by atoms with van der Waals surface area (Å²) >= 11 is 6.11. The van der Waals surface area contributed by atoms with E-state index in [0.717, 1.165) is 17.0 Å². The van der Waals surface area contributed by atoms with E-state index in [1.807, 2.05) is 49.4 Å². The predicted octanol–water partition coefficient (Wildman–Crippen LogP) is 4.37. The number of nitrogens with two attached hydrogens (primary N) is 1. The molecule has 27 heavy (non-hydrogen) atoms. The van der Waals surface area contributed by atoms with E-state index in [-0.39, 0.29) is 5.91 Å². The van der Waals surface area contributed by atoms with Crippen LogP contribution in [0.5, 0.6) is 0 Å². The summed E-state index contributed by atoms with van der Waals surface area (Å²) in [7, 11) is 0. The van der Waals surface area contributed by atoms with Crippen LogP contribution in [-0.4, -0.2) is 10.9 Å². The van der Waals surface area contributed by atoms with Crippen molar-refractivity contribution in [2.24, 2.45) is 5.73 Å². The van der Waals surface area contributed by atoms with Gasteiger partial charge in [-0.1, -0.05) is 29.8 Å². The third-order valence-electron chi connectivity index (χ3n) is 4.05. The normalized spacial score (nSPS) is 10.5. The number of hydrogen-bond acceptors (Lipinski definition) is 4. The van der Waals surface area contributed by atoms with Crippen molar-refractivity contribution in [2.75, 3.05) is 10.6 Å². The van der Waals surface area contributed by atoms with Gasteiger partial charge >= 0.3 is 0 Å². The number of carbonyl (C=O) groups excluding carboxylic acids is 1. The van der Waals surface area contributed by atoms with Crippen molar-refractivity contribution in [1.29, 1.82) is 0 Å². The van der Waals surface area contributed by atoms with E-state index in [0.29, 0.717) is 35.1 Å². The molecule has 2 aromatic carbocycles. The molecule has 5 nitrogen and oxygen atoms in total. The molecule has 0 saturated heterocycles. The van der Waals surface area contributed by atoms with Gasteiger partial charge in [0.15, 0.2) is 0 Å². The molecule has 1 aromatic heterocycles. The number of pyridine rings is 1. The van der Waals surface area contributed by atoms with Crippen LogP contribution in [0, 0.1) is 6.92 Å². The fourth-order valence-electron chi connectivity index (χ4n) is 2.72. The van der Waals surface area contributed by atoms with E-state index in [9.17, 15) is 4.79 Å². The number of carbonyl (C=O) groups is 1. The van der Waals surface area contributed by atoms with Gasteiger partial charge in [-0.25, -0.2) is 0 Å². The molecule has 4 N–H and O–H groups in total. The summed E-state index contributed by atoms with van der Waals surface area (Å²) in [6.45, 7) is 2.86. The first kappa shape index (κ1) is 18.9. The molecule has 1 heterocycles. The highest BCUT2D eigenvalue weighted by Gasteiger charge is 2.13. The Morgan fingerprint density at radius 3 is 2.70 bits per heavy atom. The number of anilines is 2. The lowest BCUT2D eigenvalue weighted by Gasteiger charge is -2.13. The number of aryl methyl sites for hydroxylation is 1. The molecule has 3 aromatic rings. The molecule has 138 valence electrons. The molecule has 6 heteroatoms. The van der Waals surface area contributed by atoms with Crippen LogP contribution < -0.4 is 16.4 Å². The van der Waals surface area contributed by atoms with E-state index in [1.165, 1.54) is 0 Å². The zero-order valence-electron chi connectivity index (χ0n) is 15.0. The number of rotatable bonds is 6. The summed E-state index contributed by atoms with van der Waals surface area (Å²) in [6.07, 6.45) is 0. The highest BCUT2D eigenvalue weighted by atomic mass is 35.5. The van der Waals surface area contributed by atoms with Crippen LogP contribution in [0.4, 0.5) is 11.4 Å². The summed E-state index contributed by atoms with van der Waals surface area (Å²) in [4.78, 5) is 17.3. The van der Waals surface area contributed by atoms with Crippen LogP contribution in [0.15, 0.2) is 60.7 Å². The molecule has 0 atom stereocenters. The molecule has 0 spiro atoms. The fraction of sp³-hybridized carbons (Fsp3) is 0.143. The van der Waals surface area contributed by atoms with Gasteiger partial charge in [-0.05, 0) is 55.0 Å². The first-order chi connectivity index (χ1) is 13.0. The van der Waals surface area contributed by atoms with Gasteiger partial charge in [0.1, 0.15) is 0 Å². The second kappa shape index (κ2) is 8.66. The molecule has 0 aliphatic carbocycles. The van der Waals surface area contributed by atoms with Crippen LogP contribution in [0.2, 0.25) is 5.02 Å². The molecule has 1 amide bonds. The van der Waals surface area contributed by atoms with Gasteiger partial charge in [-0.15, -0.1) is 0 Å². The van der Waals surface area contributed by atoms with E-state index < -0.39 is 0 Å². The van der Waals surface area contributed by atoms with Gasteiger partial charge in [-0.2, -0.15) is 0 Å². The van der Waals surface area contributed by atoms with Crippen molar-refractivity contribution >= 4 is 28.9 Å². The first-order valence-corrected chi connectivity index (χ1v) is 8.99. The third-order valence-corrected chi connectivity index (χ3v) is 4.29. The second-order valence-electron chi connectivity index (χ2n) is 6.17. The lowest BCUT2D eigenvalue weighted by atomic mass is 10.1. The molecule has 0 radical (unpaired) electrons. The van der Waals surface area contributed by atoms with Gasteiger partial charge in [0.05, 0.1) is 17.8 Å². The maximum atomic E-state index is 12.8. The minimum Gasteiger partial charge on any atom is -0.379 e. The number of benzene rings is 2. The van der Waals surface area contributed by atoms with Crippen LogP contribution in [-0.2, 0) is 13.1 Å². The largest absolute Gasteiger partial charge is 0.379 e. The molecule has 0 aliphatic rings. The number of nitrogens with zero attached hydrogens (tertiary/aromatic N) is 1. The minimum atomic E-state index is -0.244. The highest BCUT2D eigenvalue weighted by Crippen LogP contribution is 2.23. The molecule has 0 fully saturated rings. The number of aromatic nitrogens is 1. The van der Waals surface area contributed by atoms with Crippen molar-refractivity contribution in [1.82, 2.24) is 4.98 Å². The zero-order valence-corrected chi connectivity index (χ0v) is 15.8. The SMILES string of the molecule is Cc1cccc(CNc2ccc(Cl)cc2C(=O)Nc2cccc(CN)c2)n1. The minimum absolute atomic E-state index is 0.244. The maximum absolute atomic E-state index is 12.8. The van der Waals surface area contributed by atoms with Crippen molar-refractivity contribution in [3.8, 4) is 0 Å². The third kappa shape index (κ3) is 5.06. The molecular weight excluding hydrogens is 360 g/mol. The number of halogens is 1. The van der Waals surface area contributed by atoms with E-state index in [4.69, 9.17) is 17.3 Å². The Morgan fingerprint density at radius 2 is 1.93 bits per heavy atom. The predicted molar refractivity (Wildman–Crippen MR) is 110 cm³/mol.